The third kappa shape index (κ3) is 4.99. The molecule has 14 aromatic rings. The molecule has 0 aliphatic carbocycles. The largest absolute Gasteiger partial charge is 0.456 e. The summed E-state index contributed by atoms with van der Waals surface area (Å²) in [5.41, 5.74) is 16.8. The Morgan fingerprint density at radius 1 is 0.344 bits per heavy atom. The second-order valence-electron chi connectivity index (χ2n) is 16.9. The van der Waals surface area contributed by atoms with Crippen LogP contribution in [0.4, 0.5) is 17.1 Å². The number of hydrogen-bond donors (Lipinski definition) is 0. The number of hydrogen-bond acceptors (Lipinski definition) is 2. The van der Waals surface area contributed by atoms with Crippen LogP contribution in [0.5, 0.6) is 0 Å². The molecule has 4 heteroatoms. The smallest absolute Gasteiger partial charge is 0.137 e. The number of rotatable bonds is 6. The molecule has 0 unspecified atom stereocenters. The summed E-state index contributed by atoms with van der Waals surface area (Å²) in [6, 6.07) is 81.2. The zero-order chi connectivity index (χ0) is 41.9. The molecule has 0 N–H and O–H groups in total. The van der Waals surface area contributed by atoms with Crippen LogP contribution in [-0.4, -0.2) is 8.97 Å². The quantitative estimate of drug-likeness (QED) is 0.167. The van der Waals surface area contributed by atoms with Crippen molar-refractivity contribution in [3.8, 4) is 27.9 Å². The highest BCUT2D eigenvalue weighted by atomic mass is 16.3. The molecule has 0 aliphatic heterocycles. The van der Waals surface area contributed by atoms with E-state index in [1.165, 1.54) is 71.1 Å². The molecule has 0 saturated carbocycles. The van der Waals surface area contributed by atoms with Crippen LogP contribution in [0.25, 0.3) is 110 Å². The van der Waals surface area contributed by atoms with Gasteiger partial charge in [0.25, 0.3) is 0 Å². The molecule has 4 nitrogen and oxygen atoms in total. The summed E-state index contributed by atoms with van der Waals surface area (Å²) in [5, 5.41) is 9.69. The van der Waals surface area contributed by atoms with Gasteiger partial charge in [0.15, 0.2) is 0 Å². The maximum absolute atomic E-state index is 6.93. The summed E-state index contributed by atoms with van der Waals surface area (Å²) in [7, 11) is 0. The molecule has 0 amide bonds. The molecule has 0 saturated heterocycles. The predicted octanol–water partition coefficient (Wildman–Crippen LogP) is 16.6. The molecule has 0 aliphatic rings. The zero-order valence-electron chi connectivity index (χ0n) is 34.6. The van der Waals surface area contributed by atoms with Gasteiger partial charge in [0.2, 0.25) is 0 Å². The molecular formula is C60H37N3O. The van der Waals surface area contributed by atoms with E-state index in [4.69, 9.17) is 4.42 Å². The minimum absolute atomic E-state index is 0.846. The third-order valence-electron chi connectivity index (χ3n) is 13.4. The van der Waals surface area contributed by atoms with Crippen LogP contribution in [-0.2, 0) is 0 Å². The third-order valence-corrected chi connectivity index (χ3v) is 13.4. The van der Waals surface area contributed by atoms with E-state index in [1.54, 1.807) is 0 Å². The van der Waals surface area contributed by atoms with Crippen molar-refractivity contribution in [2.45, 2.75) is 0 Å². The second-order valence-corrected chi connectivity index (χ2v) is 16.9. The average Bonchev–Trinajstić information content (AvgIpc) is 4.10. The number of anilines is 3. The van der Waals surface area contributed by atoms with Crippen LogP contribution in [0, 0.1) is 0 Å². The number of nitrogens with zero attached hydrogens (tertiary/aromatic N) is 3. The van der Waals surface area contributed by atoms with Gasteiger partial charge < -0.3 is 18.3 Å². The van der Waals surface area contributed by atoms with Crippen molar-refractivity contribution in [1.82, 2.24) is 8.97 Å². The molecule has 14 rings (SSSR count). The lowest BCUT2D eigenvalue weighted by molar-refractivity contribution is 0.669. The molecule has 4 heterocycles. The van der Waals surface area contributed by atoms with Crippen molar-refractivity contribution >= 4 is 98.9 Å². The van der Waals surface area contributed by atoms with Crippen LogP contribution in [0.2, 0.25) is 0 Å². The van der Waals surface area contributed by atoms with E-state index in [2.05, 4.69) is 238 Å². The molecular weight excluding hydrogens is 779 g/mol. The van der Waals surface area contributed by atoms with Crippen molar-refractivity contribution < 1.29 is 4.42 Å². The first kappa shape index (κ1) is 35.0. The standard InChI is InChI=1S/C60H37N3O/c1-3-14-38(15-4-1)39-28-31-42(32-29-39)61(54-26-13-27-55-58(54)51-19-8-10-25-53(51)62(55)41-16-5-2-6-17-41)43-33-35-47-46-34-30-40(36-56(46)64-57(47)37-43)44-20-11-22-49-50-23-12-21-48-45-18-7-9-24-52(45)63(59(44)49)60(48)50/h1-37H. The summed E-state index contributed by atoms with van der Waals surface area (Å²) in [6.45, 7) is 0. The van der Waals surface area contributed by atoms with Gasteiger partial charge in [-0.1, -0.05) is 146 Å². The summed E-state index contributed by atoms with van der Waals surface area (Å²) < 4.78 is 11.8. The summed E-state index contributed by atoms with van der Waals surface area (Å²) in [4.78, 5) is 2.39. The van der Waals surface area contributed by atoms with Crippen LogP contribution >= 0.6 is 0 Å². The minimum atomic E-state index is 0.846. The fraction of sp³-hybridized carbons (Fsp3) is 0. The van der Waals surface area contributed by atoms with E-state index in [1.807, 2.05) is 0 Å². The molecule has 0 atom stereocenters. The molecule has 64 heavy (non-hydrogen) atoms. The Morgan fingerprint density at radius 2 is 0.906 bits per heavy atom. The van der Waals surface area contributed by atoms with Gasteiger partial charge in [0.05, 0.1) is 33.3 Å². The highest BCUT2D eigenvalue weighted by Crippen LogP contribution is 2.47. The molecule has 0 bridgehead atoms. The maximum Gasteiger partial charge on any atom is 0.137 e. The zero-order valence-corrected chi connectivity index (χ0v) is 34.6. The summed E-state index contributed by atoms with van der Waals surface area (Å²) in [6.07, 6.45) is 0. The topological polar surface area (TPSA) is 25.7 Å². The van der Waals surface area contributed by atoms with E-state index in [0.717, 1.165) is 55.8 Å². The fourth-order valence-electron chi connectivity index (χ4n) is 10.7. The van der Waals surface area contributed by atoms with E-state index < -0.39 is 0 Å². The first-order valence-corrected chi connectivity index (χ1v) is 21.9. The Bertz CT molecular complexity index is 4120. The second kappa shape index (κ2) is 13.4. The van der Waals surface area contributed by atoms with E-state index in [-0.39, 0.29) is 0 Å². The van der Waals surface area contributed by atoms with Crippen molar-refractivity contribution in [3.63, 3.8) is 0 Å². The Hall–Kier alpha value is -8.60. The van der Waals surface area contributed by atoms with E-state index in [9.17, 15) is 0 Å². The van der Waals surface area contributed by atoms with Gasteiger partial charge in [-0.3, -0.25) is 0 Å². The van der Waals surface area contributed by atoms with Gasteiger partial charge in [-0.05, 0) is 89.5 Å². The van der Waals surface area contributed by atoms with Gasteiger partial charge in [-0.2, -0.15) is 0 Å². The fourth-order valence-corrected chi connectivity index (χ4v) is 10.7. The van der Waals surface area contributed by atoms with Crippen molar-refractivity contribution in [3.05, 3.63) is 224 Å². The number of benzene rings is 10. The van der Waals surface area contributed by atoms with Crippen LogP contribution < -0.4 is 4.90 Å². The average molecular weight is 816 g/mol. The molecule has 0 radical (unpaired) electrons. The molecule has 0 spiro atoms. The first-order valence-electron chi connectivity index (χ1n) is 21.9. The first-order chi connectivity index (χ1) is 31.8. The molecule has 0 fully saturated rings. The lowest BCUT2D eigenvalue weighted by atomic mass is 10.00. The lowest BCUT2D eigenvalue weighted by Gasteiger charge is -2.26. The Kier molecular flexibility index (Phi) is 7.36. The molecule has 10 aromatic carbocycles. The number of para-hydroxylation sites is 5. The number of fused-ring (bicyclic) bond motifs is 12. The van der Waals surface area contributed by atoms with Gasteiger partial charge in [-0.15, -0.1) is 0 Å². The Balaban J connectivity index is 0.961. The molecule has 298 valence electrons. The summed E-state index contributed by atoms with van der Waals surface area (Å²) in [5.74, 6) is 0. The highest BCUT2D eigenvalue weighted by Gasteiger charge is 2.23. The molecule has 4 aromatic heterocycles. The van der Waals surface area contributed by atoms with Gasteiger partial charge >= 0.3 is 0 Å². The number of furan rings is 1. The van der Waals surface area contributed by atoms with Crippen molar-refractivity contribution in [1.29, 1.82) is 0 Å². The van der Waals surface area contributed by atoms with E-state index >= 15 is 0 Å². The summed E-state index contributed by atoms with van der Waals surface area (Å²) >= 11 is 0. The van der Waals surface area contributed by atoms with Crippen molar-refractivity contribution in [2.75, 3.05) is 4.90 Å². The SMILES string of the molecule is c1ccc(-c2ccc(N(c3ccc4c(c3)oc3cc(-c5cccc6c7cccc8c9ccccc9n(c56)c87)ccc34)c3cccc4c3c3ccccc3n4-c3ccccc3)cc2)cc1. The Labute approximate surface area is 368 Å². The highest BCUT2D eigenvalue weighted by molar-refractivity contribution is 6.25. The number of aromatic nitrogens is 2. The lowest BCUT2D eigenvalue weighted by Crippen LogP contribution is -2.10. The monoisotopic (exact) mass is 815 g/mol. The van der Waals surface area contributed by atoms with E-state index in [0.29, 0.717) is 0 Å². The Morgan fingerprint density at radius 3 is 1.72 bits per heavy atom. The van der Waals surface area contributed by atoms with Crippen LogP contribution in [0.15, 0.2) is 229 Å². The van der Waals surface area contributed by atoms with Gasteiger partial charge in [0, 0.05) is 71.8 Å². The van der Waals surface area contributed by atoms with Crippen molar-refractivity contribution in [2.24, 2.45) is 0 Å². The van der Waals surface area contributed by atoms with Crippen LogP contribution in [0.1, 0.15) is 0 Å². The van der Waals surface area contributed by atoms with Crippen LogP contribution in [0.3, 0.4) is 0 Å². The maximum atomic E-state index is 6.93. The van der Waals surface area contributed by atoms with Gasteiger partial charge in [-0.25, -0.2) is 0 Å². The van der Waals surface area contributed by atoms with Gasteiger partial charge in [0.1, 0.15) is 11.2 Å². The minimum Gasteiger partial charge on any atom is -0.456 e. The normalized spacial score (nSPS) is 12.1. The predicted molar refractivity (Wildman–Crippen MR) is 268 cm³/mol.